The quantitative estimate of drug-likeness (QED) is 0.576. The van der Waals surface area contributed by atoms with Gasteiger partial charge in [-0.05, 0) is 37.3 Å². The van der Waals surface area contributed by atoms with E-state index in [1.54, 1.807) is 26.2 Å². The fraction of sp³-hybridized carbons (Fsp3) is 0.304. The molecular weight excluding hydrogens is 416 g/mol. The number of methoxy groups -OCH3 is 2. The predicted molar refractivity (Wildman–Crippen MR) is 119 cm³/mol. The van der Waals surface area contributed by atoms with Gasteiger partial charge in [0.25, 0.3) is 5.91 Å². The third-order valence-electron chi connectivity index (χ3n) is 5.01. The summed E-state index contributed by atoms with van der Waals surface area (Å²) in [6, 6.07) is 13.1. The van der Waals surface area contributed by atoms with Crippen LogP contribution in [-0.2, 0) is 0 Å². The van der Waals surface area contributed by atoms with Crippen LogP contribution in [0.25, 0.3) is 10.6 Å². The highest BCUT2D eigenvalue weighted by Crippen LogP contribution is 2.35. The van der Waals surface area contributed by atoms with Crippen LogP contribution in [0.15, 0.2) is 42.5 Å². The van der Waals surface area contributed by atoms with Gasteiger partial charge in [-0.3, -0.25) is 4.79 Å². The van der Waals surface area contributed by atoms with Crippen LogP contribution in [0.4, 0.5) is 0 Å². The monoisotopic (exact) mass is 440 g/mol. The molecule has 0 spiro atoms. The lowest BCUT2D eigenvalue weighted by Crippen LogP contribution is -2.41. The zero-order chi connectivity index (χ0) is 22.0. The normalized spacial score (nSPS) is 14.8. The number of aromatic nitrogens is 1. The molecule has 2 heterocycles. The van der Waals surface area contributed by atoms with Gasteiger partial charge in [-0.25, -0.2) is 4.98 Å². The fourth-order valence-corrected chi connectivity index (χ4v) is 4.46. The molecule has 1 atom stereocenters. The maximum atomic E-state index is 13.1. The number of benzene rings is 2. The van der Waals surface area contributed by atoms with Crippen molar-refractivity contribution in [2.24, 2.45) is 0 Å². The second-order valence-electron chi connectivity index (χ2n) is 7.19. The van der Waals surface area contributed by atoms with E-state index in [4.69, 9.17) is 18.9 Å². The highest BCUT2D eigenvalue weighted by Gasteiger charge is 2.26. The van der Waals surface area contributed by atoms with E-state index >= 15 is 0 Å². The molecule has 2 aromatic carbocycles. The van der Waals surface area contributed by atoms with Crippen molar-refractivity contribution in [3.8, 4) is 33.6 Å². The van der Waals surface area contributed by atoms with Crippen LogP contribution in [0.2, 0.25) is 0 Å². The van der Waals surface area contributed by atoms with Crippen LogP contribution in [-0.4, -0.2) is 56.3 Å². The number of hydrogen-bond acceptors (Lipinski definition) is 7. The number of carbonyl (C=O) groups excluding carboxylic acids is 1. The van der Waals surface area contributed by atoms with Gasteiger partial charge < -0.3 is 23.8 Å². The van der Waals surface area contributed by atoms with E-state index < -0.39 is 0 Å². The Morgan fingerprint density at radius 1 is 1.16 bits per heavy atom. The average molecular weight is 441 g/mol. The Morgan fingerprint density at radius 3 is 2.65 bits per heavy atom. The Morgan fingerprint density at radius 2 is 1.90 bits per heavy atom. The third kappa shape index (κ3) is 4.29. The number of nitrogens with zero attached hydrogens (tertiary/aromatic N) is 2. The number of ether oxygens (including phenoxy) is 4. The van der Waals surface area contributed by atoms with Crippen molar-refractivity contribution in [1.29, 1.82) is 0 Å². The van der Waals surface area contributed by atoms with Crippen LogP contribution in [0.1, 0.15) is 15.4 Å². The lowest BCUT2D eigenvalue weighted by atomic mass is 10.2. The van der Waals surface area contributed by atoms with Gasteiger partial charge in [-0.2, -0.15) is 0 Å². The molecule has 4 rings (SSSR count). The molecule has 0 aliphatic carbocycles. The SMILES string of the molecule is COc1ccc(-c2nc(C)c(C(=O)N(C)CC3COc4ccccc4O3)s2)cc1OC. The molecule has 0 N–H and O–H groups in total. The Hall–Kier alpha value is -3.26. The second kappa shape index (κ2) is 8.85. The highest BCUT2D eigenvalue weighted by molar-refractivity contribution is 7.17. The van der Waals surface area contributed by atoms with Gasteiger partial charge in [0.1, 0.15) is 16.5 Å². The first-order valence-corrected chi connectivity index (χ1v) is 10.7. The number of para-hydroxylation sites is 2. The summed E-state index contributed by atoms with van der Waals surface area (Å²) in [6.45, 7) is 2.65. The molecule has 1 aliphatic rings. The van der Waals surface area contributed by atoms with E-state index in [1.807, 2.05) is 49.4 Å². The summed E-state index contributed by atoms with van der Waals surface area (Å²) >= 11 is 1.36. The predicted octanol–water partition coefficient (Wildman–Crippen LogP) is 4.05. The van der Waals surface area contributed by atoms with Gasteiger partial charge >= 0.3 is 0 Å². The minimum absolute atomic E-state index is 0.0933. The summed E-state index contributed by atoms with van der Waals surface area (Å²) in [5.41, 5.74) is 1.56. The molecular formula is C23H24N2O5S. The third-order valence-corrected chi connectivity index (χ3v) is 6.21. The minimum atomic E-state index is -0.234. The number of carbonyl (C=O) groups is 1. The molecule has 1 aliphatic heterocycles. The largest absolute Gasteiger partial charge is 0.493 e. The number of aryl methyl sites for hydroxylation is 1. The standard InChI is InChI=1S/C23H24N2O5S/c1-14-21(31-22(24-14)15-9-10-17(27-3)20(11-15)28-4)23(26)25(2)12-16-13-29-18-7-5-6-8-19(18)30-16/h5-11,16H,12-13H2,1-4H3. The lowest BCUT2D eigenvalue weighted by Gasteiger charge is -2.29. The molecule has 1 aromatic heterocycles. The van der Waals surface area contributed by atoms with Crippen molar-refractivity contribution in [1.82, 2.24) is 9.88 Å². The highest BCUT2D eigenvalue weighted by atomic mass is 32.1. The second-order valence-corrected chi connectivity index (χ2v) is 8.19. The first-order valence-electron chi connectivity index (χ1n) is 9.84. The molecule has 0 radical (unpaired) electrons. The molecule has 31 heavy (non-hydrogen) atoms. The molecule has 7 nitrogen and oxygen atoms in total. The van der Waals surface area contributed by atoms with E-state index in [0.717, 1.165) is 16.3 Å². The summed E-state index contributed by atoms with van der Waals surface area (Å²) in [4.78, 5) is 20.0. The van der Waals surface area contributed by atoms with E-state index in [2.05, 4.69) is 4.98 Å². The molecule has 162 valence electrons. The van der Waals surface area contributed by atoms with Gasteiger partial charge in [0, 0.05) is 12.6 Å². The average Bonchev–Trinajstić information content (AvgIpc) is 3.19. The van der Waals surface area contributed by atoms with Gasteiger partial charge in [0.15, 0.2) is 29.1 Å². The zero-order valence-electron chi connectivity index (χ0n) is 17.9. The van der Waals surface area contributed by atoms with Gasteiger partial charge in [0.05, 0.1) is 26.5 Å². The van der Waals surface area contributed by atoms with Crippen molar-refractivity contribution in [2.45, 2.75) is 13.0 Å². The number of thiazole rings is 1. The van der Waals surface area contributed by atoms with Gasteiger partial charge in [-0.1, -0.05) is 12.1 Å². The lowest BCUT2D eigenvalue weighted by molar-refractivity contribution is 0.0523. The Bertz CT molecular complexity index is 1100. The van der Waals surface area contributed by atoms with E-state index in [1.165, 1.54) is 11.3 Å². The van der Waals surface area contributed by atoms with E-state index in [-0.39, 0.29) is 12.0 Å². The molecule has 0 saturated heterocycles. The number of rotatable bonds is 6. The van der Waals surface area contributed by atoms with Gasteiger partial charge in [-0.15, -0.1) is 11.3 Å². The van der Waals surface area contributed by atoms with Crippen LogP contribution in [0.5, 0.6) is 23.0 Å². The number of hydrogen-bond donors (Lipinski definition) is 0. The number of likely N-dealkylation sites (N-methyl/N-ethyl adjacent to an activating group) is 1. The van der Waals surface area contributed by atoms with Gasteiger partial charge in [0.2, 0.25) is 0 Å². The topological polar surface area (TPSA) is 70.1 Å². The molecule has 0 bridgehead atoms. The van der Waals surface area contributed by atoms with Crippen LogP contribution < -0.4 is 18.9 Å². The maximum absolute atomic E-state index is 13.1. The summed E-state index contributed by atoms with van der Waals surface area (Å²) in [6.07, 6.45) is -0.234. The Labute approximate surface area is 185 Å². The zero-order valence-corrected chi connectivity index (χ0v) is 18.7. The number of fused-ring (bicyclic) bond motifs is 1. The van der Waals surface area contributed by atoms with Crippen LogP contribution in [0, 0.1) is 6.92 Å². The molecule has 8 heteroatoms. The fourth-order valence-electron chi connectivity index (χ4n) is 3.40. The minimum Gasteiger partial charge on any atom is -0.493 e. The molecule has 1 amide bonds. The van der Waals surface area contributed by atoms with Crippen molar-refractivity contribution in [3.05, 3.63) is 53.0 Å². The van der Waals surface area contributed by atoms with E-state index in [9.17, 15) is 4.79 Å². The van der Waals surface area contributed by atoms with E-state index in [0.29, 0.717) is 41.0 Å². The van der Waals surface area contributed by atoms with Crippen LogP contribution in [0.3, 0.4) is 0 Å². The Balaban J connectivity index is 1.49. The first kappa shape index (κ1) is 21.0. The molecule has 3 aromatic rings. The molecule has 0 saturated carbocycles. The molecule has 1 unspecified atom stereocenters. The molecule has 0 fully saturated rings. The summed E-state index contributed by atoms with van der Waals surface area (Å²) in [7, 11) is 4.95. The van der Waals surface area contributed by atoms with Crippen molar-refractivity contribution < 1.29 is 23.7 Å². The Kier molecular flexibility index (Phi) is 5.99. The van der Waals surface area contributed by atoms with Crippen molar-refractivity contribution in [3.63, 3.8) is 0 Å². The summed E-state index contributed by atoms with van der Waals surface area (Å²) < 4.78 is 22.4. The van der Waals surface area contributed by atoms with Crippen molar-refractivity contribution in [2.75, 3.05) is 34.4 Å². The maximum Gasteiger partial charge on any atom is 0.265 e. The smallest absolute Gasteiger partial charge is 0.265 e. The number of amides is 1. The van der Waals surface area contributed by atoms with Crippen molar-refractivity contribution >= 4 is 17.2 Å². The first-order chi connectivity index (χ1) is 15.0. The summed E-state index contributed by atoms with van der Waals surface area (Å²) in [5.74, 6) is 2.60. The van der Waals surface area contributed by atoms with Crippen LogP contribution >= 0.6 is 11.3 Å². The summed E-state index contributed by atoms with van der Waals surface area (Å²) in [5, 5.41) is 0.751.